The molecule has 0 aliphatic heterocycles. The highest BCUT2D eigenvalue weighted by atomic mass is 16.6. The zero-order valence-corrected chi connectivity index (χ0v) is 11.0. The van der Waals surface area contributed by atoms with E-state index < -0.39 is 4.92 Å². The van der Waals surface area contributed by atoms with Crippen molar-refractivity contribution >= 4 is 17.3 Å². The summed E-state index contributed by atoms with van der Waals surface area (Å²) in [6.45, 7) is 0.998. The number of aromatic nitrogens is 2. The number of rotatable bonds is 6. The number of nitrogens with two attached hydrogens (primary N) is 1. The molecule has 0 atom stereocenters. The van der Waals surface area contributed by atoms with Gasteiger partial charge in [-0.1, -0.05) is 0 Å². The van der Waals surface area contributed by atoms with E-state index in [1.54, 1.807) is 18.7 Å². The van der Waals surface area contributed by atoms with Crippen LogP contribution in [0.2, 0.25) is 0 Å². The lowest BCUT2D eigenvalue weighted by molar-refractivity contribution is -0.384. The average molecular weight is 290 g/mol. The number of anilines is 1. The van der Waals surface area contributed by atoms with Gasteiger partial charge in [-0.05, 0) is 12.1 Å². The third-order valence-corrected chi connectivity index (χ3v) is 2.83. The van der Waals surface area contributed by atoms with Gasteiger partial charge in [0, 0.05) is 37.1 Å². The number of nitrogens with zero attached hydrogens (tertiary/aromatic N) is 3. The Morgan fingerprint density at radius 2 is 2.29 bits per heavy atom. The monoisotopic (exact) mass is 290 g/mol. The molecule has 0 saturated heterocycles. The Balaban J connectivity index is 2.00. The molecule has 1 amide bonds. The van der Waals surface area contributed by atoms with Gasteiger partial charge in [0.2, 0.25) is 0 Å². The Hall–Kier alpha value is -2.94. The Morgan fingerprint density at radius 1 is 1.48 bits per heavy atom. The average Bonchev–Trinajstić information content (AvgIpc) is 2.99. The first-order valence-corrected chi connectivity index (χ1v) is 6.11. The summed E-state index contributed by atoms with van der Waals surface area (Å²) < 4.78 is 1.82. The predicted octanol–water partition coefficient (Wildman–Crippen LogP) is 0.507. The Labute approximate surface area is 119 Å². The van der Waals surface area contributed by atoms with Crippen molar-refractivity contribution in [1.29, 1.82) is 0 Å². The predicted molar refractivity (Wildman–Crippen MR) is 75.5 cm³/mol. The van der Waals surface area contributed by atoms with Crippen molar-refractivity contribution in [3.05, 3.63) is 52.6 Å². The van der Waals surface area contributed by atoms with Crippen LogP contribution in [-0.4, -0.2) is 26.9 Å². The van der Waals surface area contributed by atoms with Crippen LogP contribution in [0.15, 0.2) is 36.9 Å². The van der Waals surface area contributed by atoms with E-state index in [-0.39, 0.29) is 17.3 Å². The van der Waals surface area contributed by atoms with Crippen LogP contribution in [0, 0.1) is 10.1 Å². The third-order valence-electron chi connectivity index (χ3n) is 2.83. The molecule has 0 unspecified atom stereocenters. The lowest BCUT2D eigenvalue weighted by Crippen LogP contribution is -2.27. The SMILES string of the molecule is NNc1cc(C(=O)NCCn2ccnc2)ccc1[N+](=O)[O-]. The first-order chi connectivity index (χ1) is 10.1. The van der Waals surface area contributed by atoms with Crippen LogP contribution in [0.4, 0.5) is 11.4 Å². The van der Waals surface area contributed by atoms with E-state index in [4.69, 9.17) is 5.84 Å². The summed E-state index contributed by atoms with van der Waals surface area (Å²) >= 11 is 0. The van der Waals surface area contributed by atoms with Crippen molar-refractivity contribution in [1.82, 2.24) is 14.9 Å². The third kappa shape index (κ3) is 3.54. The molecular weight excluding hydrogens is 276 g/mol. The van der Waals surface area contributed by atoms with Crippen LogP contribution in [0.1, 0.15) is 10.4 Å². The summed E-state index contributed by atoms with van der Waals surface area (Å²) in [4.78, 5) is 26.0. The minimum Gasteiger partial charge on any atom is -0.350 e. The van der Waals surface area contributed by atoms with Crippen molar-refractivity contribution in [3.63, 3.8) is 0 Å². The number of hydrogen-bond acceptors (Lipinski definition) is 6. The number of hydrazine groups is 1. The number of nitro groups is 1. The molecule has 1 aromatic carbocycles. The zero-order chi connectivity index (χ0) is 15.2. The highest BCUT2D eigenvalue weighted by molar-refractivity contribution is 5.95. The van der Waals surface area contributed by atoms with Gasteiger partial charge in [-0.2, -0.15) is 0 Å². The van der Waals surface area contributed by atoms with Crippen LogP contribution in [-0.2, 0) is 6.54 Å². The van der Waals surface area contributed by atoms with Gasteiger partial charge in [-0.25, -0.2) is 4.98 Å². The summed E-state index contributed by atoms with van der Waals surface area (Å²) in [5.41, 5.74) is 2.41. The normalized spacial score (nSPS) is 10.1. The van der Waals surface area contributed by atoms with Gasteiger partial charge >= 0.3 is 0 Å². The number of amides is 1. The van der Waals surface area contributed by atoms with E-state index in [2.05, 4.69) is 15.7 Å². The lowest BCUT2D eigenvalue weighted by Gasteiger charge is -2.07. The molecule has 2 aromatic rings. The van der Waals surface area contributed by atoms with Crippen LogP contribution in [0.3, 0.4) is 0 Å². The van der Waals surface area contributed by atoms with E-state index in [0.717, 1.165) is 0 Å². The number of nitro benzene ring substituents is 1. The molecule has 1 aromatic heterocycles. The van der Waals surface area contributed by atoms with Gasteiger partial charge < -0.3 is 15.3 Å². The second-order valence-corrected chi connectivity index (χ2v) is 4.19. The highest BCUT2D eigenvalue weighted by Gasteiger charge is 2.15. The number of nitrogens with one attached hydrogen (secondary N) is 2. The molecule has 0 spiro atoms. The molecule has 0 aliphatic rings. The van der Waals surface area contributed by atoms with Crippen molar-refractivity contribution in [2.45, 2.75) is 6.54 Å². The zero-order valence-electron chi connectivity index (χ0n) is 11.0. The van der Waals surface area contributed by atoms with E-state index in [0.29, 0.717) is 18.7 Å². The molecule has 0 aliphatic carbocycles. The van der Waals surface area contributed by atoms with Crippen molar-refractivity contribution in [2.24, 2.45) is 5.84 Å². The fourth-order valence-corrected chi connectivity index (χ4v) is 1.77. The smallest absolute Gasteiger partial charge is 0.293 e. The maximum atomic E-state index is 11.9. The fourth-order valence-electron chi connectivity index (χ4n) is 1.77. The minimum absolute atomic E-state index is 0.0854. The second kappa shape index (κ2) is 6.48. The number of carbonyl (C=O) groups is 1. The second-order valence-electron chi connectivity index (χ2n) is 4.19. The summed E-state index contributed by atoms with van der Waals surface area (Å²) in [7, 11) is 0. The lowest BCUT2D eigenvalue weighted by atomic mass is 10.1. The number of benzene rings is 1. The first kappa shape index (κ1) is 14.5. The molecule has 21 heavy (non-hydrogen) atoms. The van der Waals surface area contributed by atoms with E-state index >= 15 is 0 Å². The van der Waals surface area contributed by atoms with Gasteiger partial charge in [0.25, 0.3) is 11.6 Å². The minimum atomic E-state index is -0.573. The maximum absolute atomic E-state index is 11.9. The van der Waals surface area contributed by atoms with Gasteiger partial charge in [-0.15, -0.1) is 0 Å². The highest BCUT2D eigenvalue weighted by Crippen LogP contribution is 2.24. The topological polar surface area (TPSA) is 128 Å². The molecule has 0 saturated carbocycles. The van der Waals surface area contributed by atoms with E-state index in [1.807, 2.05) is 4.57 Å². The van der Waals surface area contributed by atoms with Gasteiger partial charge in [0.1, 0.15) is 5.69 Å². The van der Waals surface area contributed by atoms with Crippen LogP contribution in [0.5, 0.6) is 0 Å². The molecule has 0 bridgehead atoms. The molecular formula is C12H14N6O3. The van der Waals surface area contributed by atoms with Gasteiger partial charge in [0.15, 0.2) is 0 Å². The van der Waals surface area contributed by atoms with Gasteiger partial charge in [-0.3, -0.25) is 20.8 Å². The van der Waals surface area contributed by atoms with E-state index in [1.165, 1.54) is 18.2 Å². The molecule has 0 fully saturated rings. The molecule has 0 radical (unpaired) electrons. The first-order valence-electron chi connectivity index (χ1n) is 6.11. The number of hydrogen-bond donors (Lipinski definition) is 3. The number of carbonyl (C=O) groups excluding carboxylic acids is 1. The van der Waals surface area contributed by atoms with Crippen molar-refractivity contribution in [2.75, 3.05) is 12.0 Å². The van der Waals surface area contributed by atoms with Crippen molar-refractivity contribution in [3.8, 4) is 0 Å². The quantitative estimate of drug-likeness (QED) is 0.404. The number of imidazole rings is 1. The summed E-state index contributed by atoms with van der Waals surface area (Å²) in [5.74, 6) is 4.89. The number of nitrogen functional groups attached to an aromatic ring is 1. The van der Waals surface area contributed by atoms with Crippen LogP contribution in [0.25, 0.3) is 0 Å². The summed E-state index contributed by atoms with van der Waals surface area (Å²) in [6.07, 6.45) is 5.08. The van der Waals surface area contributed by atoms with Crippen LogP contribution < -0.4 is 16.6 Å². The van der Waals surface area contributed by atoms with Crippen molar-refractivity contribution < 1.29 is 9.72 Å². The fraction of sp³-hybridized carbons (Fsp3) is 0.167. The van der Waals surface area contributed by atoms with E-state index in [9.17, 15) is 14.9 Å². The Bertz CT molecular complexity index is 640. The Kier molecular flexibility index (Phi) is 4.46. The summed E-state index contributed by atoms with van der Waals surface area (Å²) in [5, 5.41) is 13.5. The molecule has 110 valence electrons. The van der Waals surface area contributed by atoms with Crippen LogP contribution >= 0.6 is 0 Å². The molecule has 1 heterocycles. The maximum Gasteiger partial charge on any atom is 0.293 e. The molecule has 4 N–H and O–H groups in total. The largest absolute Gasteiger partial charge is 0.350 e. The Morgan fingerprint density at radius 3 is 2.90 bits per heavy atom. The standard InChI is InChI=1S/C12H14N6O3/c13-16-10-7-9(1-2-11(10)18(20)21)12(19)15-4-6-17-5-3-14-8-17/h1-3,5,7-8,16H,4,6,13H2,(H,15,19). The summed E-state index contributed by atoms with van der Waals surface area (Å²) in [6, 6.07) is 3.95. The molecule has 9 nitrogen and oxygen atoms in total. The van der Waals surface area contributed by atoms with Gasteiger partial charge in [0.05, 0.1) is 11.3 Å². The molecule has 2 rings (SSSR count). The molecule has 9 heteroatoms.